The van der Waals surface area contributed by atoms with Gasteiger partial charge in [0.25, 0.3) is 5.56 Å². The molecule has 0 unspecified atom stereocenters. The highest BCUT2D eigenvalue weighted by molar-refractivity contribution is 7.18. The molecule has 4 nitrogen and oxygen atoms in total. The Hall–Kier alpha value is -2.12. The van der Waals surface area contributed by atoms with Gasteiger partial charge in [-0.05, 0) is 55.9 Å². The number of halogens is 2. The third-order valence-electron chi connectivity index (χ3n) is 4.89. The second kappa shape index (κ2) is 6.89. The van der Waals surface area contributed by atoms with Crippen LogP contribution < -0.4 is 10.9 Å². The number of aryl methyl sites for hydroxylation is 2. The smallest absolute Gasteiger partial charge is 0.259 e. The number of nitrogens with one attached hydrogen (secondary N) is 2. The maximum atomic E-state index is 13.4. The van der Waals surface area contributed by atoms with Gasteiger partial charge in [0.05, 0.1) is 11.9 Å². The zero-order valence-electron chi connectivity index (χ0n) is 14.4. The van der Waals surface area contributed by atoms with Gasteiger partial charge in [0, 0.05) is 10.9 Å². The van der Waals surface area contributed by atoms with Gasteiger partial charge in [0.2, 0.25) is 0 Å². The van der Waals surface area contributed by atoms with Crippen molar-refractivity contribution in [2.75, 3.05) is 0 Å². The molecule has 26 heavy (non-hydrogen) atoms. The summed E-state index contributed by atoms with van der Waals surface area (Å²) in [6.07, 6.45) is 4.26. The molecular formula is C19H19F2N3OS. The van der Waals surface area contributed by atoms with Crippen molar-refractivity contribution in [1.29, 1.82) is 0 Å². The lowest BCUT2D eigenvalue weighted by molar-refractivity contribution is 0.499. The van der Waals surface area contributed by atoms with Gasteiger partial charge in [-0.3, -0.25) is 4.79 Å². The fourth-order valence-corrected chi connectivity index (χ4v) is 4.72. The summed E-state index contributed by atoms with van der Waals surface area (Å²) in [4.78, 5) is 22.1. The Morgan fingerprint density at radius 2 is 2.08 bits per heavy atom. The minimum Gasteiger partial charge on any atom is -0.309 e. The van der Waals surface area contributed by atoms with Crippen molar-refractivity contribution >= 4 is 21.6 Å². The van der Waals surface area contributed by atoms with Gasteiger partial charge in [-0.25, -0.2) is 13.8 Å². The van der Waals surface area contributed by atoms with Crippen molar-refractivity contribution < 1.29 is 8.78 Å². The molecule has 0 bridgehead atoms. The molecule has 0 amide bonds. The largest absolute Gasteiger partial charge is 0.309 e. The van der Waals surface area contributed by atoms with Crippen LogP contribution in [-0.4, -0.2) is 9.97 Å². The van der Waals surface area contributed by atoms with Crippen LogP contribution in [0.2, 0.25) is 0 Å². The van der Waals surface area contributed by atoms with Crippen molar-refractivity contribution in [2.24, 2.45) is 0 Å². The lowest BCUT2D eigenvalue weighted by Crippen LogP contribution is -2.22. The molecule has 4 rings (SSSR count). The zero-order valence-corrected chi connectivity index (χ0v) is 15.2. The van der Waals surface area contributed by atoms with Gasteiger partial charge < -0.3 is 10.3 Å². The number of H-pyrrole nitrogens is 1. The van der Waals surface area contributed by atoms with Crippen LogP contribution in [0.25, 0.3) is 10.2 Å². The van der Waals surface area contributed by atoms with E-state index in [4.69, 9.17) is 0 Å². The standard InChI is InChI=1S/C19H19F2N3OS/c1-10(11-6-7-13(20)14(21)8-11)22-9-16-23-18(25)17-12-4-2-3-5-15(12)26-19(17)24-16/h6-8,10,22H,2-5,9H2,1H3,(H,23,24,25)/t10-/m1/s1. The molecule has 2 aromatic heterocycles. The molecule has 2 heterocycles. The van der Waals surface area contributed by atoms with E-state index in [0.29, 0.717) is 17.9 Å². The summed E-state index contributed by atoms with van der Waals surface area (Å²) in [5.41, 5.74) is 1.71. The summed E-state index contributed by atoms with van der Waals surface area (Å²) in [5.74, 6) is -1.18. The molecule has 1 aliphatic carbocycles. The highest BCUT2D eigenvalue weighted by Crippen LogP contribution is 2.33. The number of aromatic amines is 1. The van der Waals surface area contributed by atoms with E-state index in [1.54, 1.807) is 17.4 Å². The lowest BCUT2D eigenvalue weighted by atomic mass is 9.97. The minimum absolute atomic E-state index is 0.0910. The Kier molecular flexibility index (Phi) is 4.58. The van der Waals surface area contributed by atoms with Crippen molar-refractivity contribution in [1.82, 2.24) is 15.3 Å². The quantitative estimate of drug-likeness (QED) is 0.725. The van der Waals surface area contributed by atoms with E-state index in [2.05, 4.69) is 15.3 Å². The van der Waals surface area contributed by atoms with E-state index in [1.807, 2.05) is 6.92 Å². The molecule has 0 saturated heterocycles. The zero-order chi connectivity index (χ0) is 18.3. The molecule has 7 heteroatoms. The van der Waals surface area contributed by atoms with Crippen molar-refractivity contribution in [2.45, 2.75) is 45.2 Å². The second-order valence-electron chi connectivity index (χ2n) is 6.68. The summed E-state index contributed by atoms with van der Waals surface area (Å²) in [7, 11) is 0. The van der Waals surface area contributed by atoms with Crippen LogP contribution in [0.1, 0.15) is 47.6 Å². The average molecular weight is 375 g/mol. The Morgan fingerprint density at radius 1 is 1.27 bits per heavy atom. The normalized spacial score (nSPS) is 15.2. The van der Waals surface area contributed by atoms with E-state index in [0.717, 1.165) is 42.0 Å². The monoisotopic (exact) mass is 375 g/mol. The molecule has 0 spiro atoms. The fraction of sp³-hybridized carbons (Fsp3) is 0.368. The van der Waals surface area contributed by atoms with Gasteiger partial charge in [0.1, 0.15) is 10.7 Å². The third-order valence-corrected chi connectivity index (χ3v) is 6.08. The van der Waals surface area contributed by atoms with Crippen LogP contribution in [0, 0.1) is 11.6 Å². The molecule has 136 valence electrons. The molecule has 1 atom stereocenters. The van der Waals surface area contributed by atoms with Crippen LogP contribution in [0.4, 0.5) is 8.78 Å². The number of thiophene rings is 1. The number of hydrogen-bond donors (Lipinski definition) is 2. The summed E-state index contributed by atoms with van der Waals surface area (Å²) < 4.78 is 26.4. The van der Waals surface area contributed by atoms with Crippen molar-refractivity contribution in [3.8, 4) is 0 Å². The van der Waals surface area contributed by atoms with Gasteiger partial charge in [-0.1, -0.05) is 6.07 Å². The molecule has 0 aliphatic heterocycles. The number of hydrogen-bond acceptors (Lipinski definition) is 4. The topological polar surface area (TPSA) is 57.8 Å². The first-order valence-corrected chi connectivity index (χ1v) is 9.56. The Balaban J connectivity index is 1.55. The van der Waals surface area contributed by atoms with E-state index >= 15 is 0 Å². The third kappa shape index (κ3) is 3.17. The van der Waals surface area contributed by atoms with Crippen LogP contribution in [-0.2, 0) is 19.4 Å². The summed E-state index contributed by atoms with van der Waals surface area (Å²) >= 11 is 1.61. The second-order valence-corrected chi connectivity index (χ2v) is 7.76. The van der Waals surface area contributed by atoms with Gasteiger partial charge in [0.15, 0.2) is 11.6 Å². The van der Waals surface area contributed by atoms with E-state index in [-0.39, 0.29) is 11.6 Å². The molecular weight excluding hydrogens is 356 g/mol. The van der Waals surface area contributed by atoms with Crippen LogP contribution in [0.3, 0.4) is 0 Å². The fourth-order valence-electron chi connectivity index (χ4n) is 3.44. The van der Waals surface area contributed by atoms with E-state index in [1.165, 1.54) is 16.5 Å². The maximum absolute atomic E-state index is 13.4. The molecule has 0 fully saturated rings. The van der Waals surface area contributed by atoms with Gasteiger partial charge in [-0.2, -0.15) is 0 Å². The number of rotatable bonds is 4. The number of benzene rings is 1. The summed E-state index contributed by atoms with van der Waals surface area (Å²) in [6.45, 7) is 2.20. The van der Waals surface area contributed by atoms with E-state index < -0.39 is 11.6 Å². The molecule has 1 aliphatic rings. The Morgan fingerprint density at radius 3 is 2.88 bits per heavy atom. The first-order valence-electron chi connectivity index (χ1n) is 8.74. The molecule has 0 radical (unpaired) electrons. The highest BCUT2D eigenvalue weighted by Gasteiger charge is 2.20. The van der Waals surface area contributed by atoms with Crippen LogP contribution >= 0.6 is 11.3 Å². The maximum Gasteiger partial charge on any atom is 0.259 e. The first kappa shape index (κ1) is 17.3. The number of nitrogens with zero attached hydrogens (tertiary/aromatic N) is 1. The average Bonchev–Trinajstić information content (AvgIpc) is 3.00. The molecule has 3 aromatic rings. The molecule has 2 N–H and O–H groups in total. The van der Waals surface area contributed by atoms with Gasteiger partial charge in [-0.15, -0.1) is 11.3 Å². The van der Waals surface area contributed by atoms with Crippen LogP contribution in [0.15, 0.2) is 23.0 Å². The van der Waals surface area contributed by atoms with Crippen molar-refractivity contribution in [3.63, 3.8) is 0 Å². The Labute approximate surface area is 153 Å². The van der Waals surface area contributed by atoms with Gasteiger partial charge >= 0.3 is 0 Å². The predicted molar refractivity (Wildman–Crippen MR) is 98.5 cm³/mol. The summed E-state index contributed by atoms with van der Waals surface area (Å²) in [6, 6.07) is 3.64. The highest BCUT2D eigenvalue weighted by atomic mass is 32.1. The SMILES string of the molecule is C[C@@H](NCc1nc2sc3c(c2c(=O)[nH]1)CCCC3)c1ccc(F)c(F)c1. The minimum atomic E-state index is -0.867. The van der Waals surface area contributed by atoms with Crippen LogP contribution in [0.5, 0.6) is 0 Å². The molecule has 0 saturated carbocycles. The number of fused-ring (bicyclic) bond motifs is 3. The number of aromatic nitrogens is 2. The molecule has 1 aromatic carbocycles. The first-order chi connectivity index (χ1) is 12.5. The summed E-state index contributed by atoms with van der Waals surface area (Å²) in [5, 5.41) is 3.94. The predicted octanol–water partition coefficient (Wildman–Crippen LogP) is 3.99. The van der Waals surface area contributed by atoms with Crippen molar-refractivity contribution in [3.05, 3.63) is 62.0 Å². The Bertz CT molecular complexity index is 1030. The lowest BCUT2D eigenvalue weighted by Gasteiger charge is -2.14. The van der Waals surface area contributed by atoms with E-state index in [9.17, 15) is 13.6 Å².